The monoisotopic (exact) mass is 377 g/mol. The van der Waals surface area contributed by atoms with Crippen LogP contribution in [-0.2, 0) is 5.75 Å². The van der Waals surface area contributed by atoms with Crippen molar-refractivity contribution < 1.29 is 0 Å². The average Bonchev–Trinajstić information content (AvgIpc) is 3.04. The van der Waals surface area contributed by atoms with Crippen molar-refractivity contribution in [3.05, 3.63) is 72.3 Å². The zero-order valence-electron chi connectivity index (χ0n) is 14.5. The Morgan fingerprint density at radius 2 is 1.92 bits per heavy atom. The van der Waals surface area contributed by atoms with Crippen molar-refractivity contribution in [2.45, 2.75) is 17.8 Å². The number of hydrogen-bond donors (Lipinski definition) is 1. The summed E-state index contributed by atoms with van der Waals surface area (Å²) in [6, 6.07) is 17.0. The number of thiophene rings is 1. The lowest BCUT2D eigenvalue weighted by molar-refractivity contribution is 1.00. The number of aryl methyl sites for hydroxylation is 1. The molecule has 4 aromatic rings. The Morgan fingerprint density at radius 3 is 2.73 bits per heavy atom. The van der Waals surface area contributed by atoms with E-state index in [1.54, 1.807) is 23.1 Å². The highest BCUT2D eigenvalue weighted by molar-refractivity contribution is 7.98. The van der Waals surface area contributed by atoms with Crippen molar-refractivity contribution >= 4 is 49.2 Å². The van der Waals surface area contributed by atoms with E-state index in [2.05, 4.69) is 67.4 Å². The molecule has 0 saturated heterocycles. The molecule has 2 aromatic carbocycles. The van der Waals surface area contributed by atoms with Crippen LogP contribution in [0, 0.1) is 6.92 Å². The maximum atomic E-state index is 4.86. The van der Waals surface area contributed by atoms with Gasteiger partial charge >= 0.3 is 0 Å². The normalized spacial score (nSPS) is 11.1. The summed E-state index contributed by atoms with van der Waals surface area (Å²) in [5, 5.41) is 5.36. The Hall–Kier alpha value is -2.37. The molecule has 0 atom stereocenters. The van der Waals surface area contributed by atoms with Crippen LogP contribution < -0.4 is 5.32 Å². The standard InChI is InChI=1S/C21H19N3S2/c1-3-12-22-20-19-18(16-6-4-5-7-17(16)26-19)23-21(24-20)25-13-15-10-8-14(2)9-11-15/h3-11H,1,12-13H2,2H3,(H,22,23,24). The van der Waals surface area contributed by atoms with Gasteiger partial charge in [-0.1, -0.05) is 65.9 Å². The molecule has 5 heteroatoms. The minimum absolute atomic E-state index is 0.683. The summed E-state index contributed by atoms with van der Waals surface area (Å²) in [4.78, 5) is 9.63. The first-order valence-electron chi connectivity index (χ1n) is 8.47. The summed E-state index contributed by atoms with van der Waals surface area (Å²) in [5.74, 6) is 1.75. The summed E-state index contributed by atoms with van der Waals surface area (Å²) < 4.78 is 2.34. The fourth-order valence-electron chi connectivity index (χ4n) is 2.76. The van der Waals surface area contributed by atoms with Crippen molar-refractivity contribution in [2.75, 3.05) is 11.9 Å². The molecule has 2 aromatic heterocycles. The third kappa shape index (κ3) is 3.45. The van der Waals surface area contributed by atoms with Gasteiger partial charge in [0, 0.05) is 22.4 Å². The molecule has 0 radical (unpaired) electrons. The van der Waals surface area contributed by atoms with Crippen LogP contribution in [0.3, 0.4) is 0 Å². The molecule has 0 amide bonds. The van der Waals surface area contributed by atoms with Crippen LogP contribution in [0.5, 0.6) is 0 Å². The Balaban J connectivity index is 1.72. The Bertz CT molecular complexity index is 1070. The summed E-state index contributed by atoms with van der Waals surface area (Å²) in [6.07, 6.45) is 1.85. The van der Waals surface area contributed by atoms with Crippen LogP contribution >= 0.6 is 23.1 Å². The maximum absolute atomic E-state index is 4.86. The Morgan fingerprint density at radius 1 is 1.12 bits per heavy atom. The van der Waals surface area contributed by atoms with Crippen molar-refractivity contribution in [2.24, 2.45) is 0 Å². The molecule has 4 rings (SSSR count). The predicted octanol–water partition coefficient (Wildman–Crippen LogP) is 6.04. The number of benzene rings is 2. The van der Waals surface area contributed by atoms with Gasteiger partial charge in [0.2, 0.25) is 0 Å². The van der Waals surface area contributed by atoms with E-state index in [0.29, 0.717) is 6.54 Å². The van der Waals surface area contributed by atoms with E-state index in [1.165, 1.54) is 21.2 Å². The molecule has 0 aliphatic carbocycles. The molecular weight excluding hydrogens is 358 g/mol. The molecule has 26 heavy (non-hydrogen) atoms. The van der Waals surface area contributed by atoms with Crippen LogP contribution in [-0.4, -0.2) is 16.5 Å². The van der Waals surface area contributed by atoms with Gasteiger partial charge in [-0.2, -0.15) is 0 Å². The van der Waals surface area contributed by atoms with Crippen LogP contribution in [0.1, 0.15) is 11.1 Å². The van der Waals surface area contributed by atoms with Gasteiger partial charge in [-0.25, -0.2) is 9.97 Å². The van der Waals surface area contributed by atoms with E-state index in [4.69, 9.17) is 9.97 Å². The van der Waals surface area contributed by atoms with E-state index in [0.717, 1.165) is 26.9 Å². The van der Waals surface area contributed by atoms with E-state index >= 15 is 0 Å². The summed E-state index contributed by atoms with van der Waals surface area (Å²) in [7, 11) is 0. The lowest BCUT2D eigenvalue weighted by Gasteiger charge is -2.07. The second-order valence-corrected chi connectivity index (χ2v) is 8.07. The molecule has 1 N–H and O–H groups in total. The number of rotatable bonds is 6. The first-order valence-corrected chi connectivity index (χ1v) is 10.3. The summed E-state index contributed by atoms with van der Waals surface area (Å²) in [5.41, 5.74) is 3.58. The van der Waals surface area contributed by atoms with Gasteiger partial charge in [-0.3, -0.25) is 0 Å². The van der Waals surface area contributed by atoms with Crippen molar-refractivity contribution in [1.82, 2.24) is 9.97 Å². The van der Waals surface area contributed by atoms with Crippen molar-refractivity contribution in [1.29, 1.82) is 0 Å². The zero-order valence-corrected chi connectivity index (χ0v) is 16.2. The van der Waals surface area contributed by atoms with Crippen molar-refractivity contribution in [3.63, 3.8) is 0 Å². The Kier molecular flexibility index (Phi) is 4.91. The number of thioether (sulfide) groups is 1. The number of aromatic nitrogens is 2. The van der Waals surface area contributed by atoms with Crippen molar-refractivity contribution in [3.8, 4) is 0 Å². The van der Waals surface area contributed by atoms with Crippen LogP contribution in [0.15, 0.2) is 66.3 Å². The molecule has 0 spiro atoms. The third-order valence-electron chi connectivity index (χ3n) is 4.10. The van der Waals surface area contributed by atoms with E-state index < -0.39 is 0 Å². The number of nitrogens with one attached hydrogen (secondary N) is 1. The van der Waals surface area contributed by atoms with Gasteiger partial charge in [0.15, 0.2) is 5.16 Å². The molecule has 0 aliphatic rings. The fourth-order valence-corrected chi connectivity index (χ4v) is 4.66. The molecule has 0 unspecified atom stereocenters. The van der Waals surface area contributed by atoms with Gasteiger partial charge < -0.3 is 5.32 Å². The van der Waals surface area contributed by atoms with Gasteiger partial charge in [0.1, 0.15) is 5.82 Å². The quantitative estimate of drug-likeness (QED) is 0.252. The Labute approximate surface area is 161 Å². The summed E-state index contributed by atoms with van der Waals surface area (Å²) in [6.45, 7) is 6.58. The van der Waals surface area contributed by atoms with Gasteiger partial charge in [0.05, 0.1) is 10.2 Å². The van der Waals surface area contributed by atoms with Gasteiger partial charge in [-0.05, 0) is 18.6 Å². The zero-order chi connectivity index (χ0) is 17.9. The fraction of sp³-hybridized carbons (Fsp3) is 0.143. The minimum atomic E-state index is 0.683. The maximum Gasteiger partial charge on any atom is 0.190 e. The smallest absolute Gasteiger partial charge is 0.190 e. The molecule has 0 saturated carbocycles. The van der Waals surface area contributed by atoms with Crippen LogP contribution in [0.25, 0.3) is 20.3 Å². The van der Waals surface area contributed by atoms with Crippen LogP contribution in [0.4, 0.5) is 5.82 Å². The van der Waals surface area contributed by atoms with E-state index in [1.807, 2.05) is 6.08 Å². The number of nitrogens with zero attached hydrogens (tertiary/aromatic N) is 2. The summed E-state index contributed by atoms with van der Waals surface area (Å²) >= 11 is 3.40. The van der Waals surface area contributed by atoms with E-state index in [-0.39, 0.29) is 0 Å². The van der Waals surface area contributed by atoms with Gasteiger partial charge in [-0.15, -0.1) is 17.9 Å². The van der Waals surface area contributed by atoms with Crippen LogP contribution in [0.2, 0.25) is 0 Å². The van der Waals surface area contributed by atoms with E-state index in [9.17, 15) is 0 Å². The molecule has 0 bridgehead atoms. The molecule has 0 aliphatic heterocycles. The molecule has 130 valence electrons. The molecule has 2 heterocycles. The lowest BCUT2D eigenvalue weighted by Crippen LogP contribution is -2.02. The highest BCUT2D eigenvalue weighted by Crippen LogP contribution is 2.37. The SMILES string of the molecule is C=CCNc1nc(SCc2ccc(C)cc2)nc2c1sc1ccccc12. The lowest BCUT2D eigenvalue weighted by atomic mass is 10.2. The largest absolute Gasteiger partial charge is 0.365 e. The minimum Gasteiger partial charge on any atom is -0.365 e. The molecular formula is C21H19N3S2. The third-order valence-corrected chi connectivity index (χ3v) is 6.19. The first kappa shape index (κ1) is 17.1. The molecule has 3 nitrogen and oxygen atoms in total. The molecule has 0 fully saturated rings. The topological polar surface area (TPSA) is 37.8 Å². The second kappa shape index (κ2) is 7.48. The highest BCUT2D eigenvalue weighted by Gasteiger charge is 2.14. The highest BCUT2D eigenvalue weighted by atomic mass is 32.2. The first-order chi connectivity index (χ1) is 12.7. The second-order valence-electron chi connectivity index (χ2n) is 6.07. The number of anilines is 1. The predicted molar refractivity (Wildman–Crippen MR) is 114 cm³/mol. The number of hydrogen-bond acceptors (Lipinski definition) is 5. The van der Waals surface area contributed by atoms with Gasteiger partial charge in [0.25, 0.3) is 0 Å². The number of fused-ring (bicyclic) bond motifs is 3. The average molecular weight is 378 g/mol.